The van der Waals surface area contributed by atoms with Crippen LogP contribution in [0.1, 0.15) is 53.4 Å². The Morgan fingerprint density at radius 2 is 1.45 bits per heavy atom. The monoisotopic (exact) mass is 442 g/mol. The Hall–Kier alpha value is -0.918. The van der Waals surface area contributed by atoms with Gasteiger partial charge in [0.05, 0.1) is 32.5 Å². The summed E-state index contributed by atoms with van der Waals surface area (Å²) in [7, 11) is -1.82. The van der Waals surface area contributed by atoms with Crippen LogP contribution in [0.4, 0.5) is 0 Å². The standard InChI is InChI=1S/C25H39BO4Si/c1-23(2)24(3,4)30-26(29-23)18-21(19-31(5,6)22-10-8-7-9-11-22)20-12-14-25(15-13-20)27-16-17-28-25/h7-11H,12-19H2,1-6H3. The number of hydrogen-bond donors (Lipinski definition) is 0. The summed E-state index contributed by atoms with van der Waals surface area (Å²) in [6.45, 7) is 15.0. The lowest BCUT2D eigenvalue weighted by Crippen LogP contribution is -2.42. The first-order chi connectivity index (χ1) is 14.5. The van der Waals surface area contributed by atoms with Crippen LogP contribution < -0.4 is 5.19 Å². The third kappa shape index (κ3) is 4.88. The Labute approximate surface area is 189 Å². The Bertz CT molecular complexity index is 784. The van der Waals surface area contributed by atoms with Crippen molar-refractivity contribution >= 4 is 20.4 Å². The molecule has 4 nitrogen and oxygen atoms in total. The molecule has 3 fully saturated rings. The Kier molecular flexibility index (Phi) is 6.34. The van der Waals surface area contributed by atoms with E-state index in [0.29, 0.717) is 0 Å². The second kappa shape index (κ2) is 8.45. The predicted molar refractivity (Wildman–Crippen MR) is 129 cm³/mol. The third-order valence-corrected chi connectivity index (χ3v) is 11.1. The minimum Gasteiger partial charge on any atom is -0.403 e. The summed E-state index contributed by atoms with van der Waals surface area (Å²) in [4.78, 5) is 0. The lowest BCUT2D eigenvalue weighted by Gasteiger charge is -2.35. The first-order valence-electron chi connectivity index (χ1n) is 11.9. The van der Waals surface area contributed by atoms with Gasteiger partial charge in [0.25, 0.3) is 0 Å². The van der Waals surface area contributed by atoms with Gasteiger partial charge in [0.1, 0.15) is 0 Å². The average Bonchev–Trinajstić information content (AvgIpc) is 3.23. The molecule has 1 aliphatic carbocycles. The van der Waals surface area contributed by atoms with Gasteiger partial charge in [0.2, 0.25) is 0 Å². The molecule has 3 aliphatic rings. The number of rotatable bonds is 5. The molecule has 0 unspecified atom stereocenters. The van der Waals surface area contributed by atoms with Crippen LogP contribution in [0, 0.1) is 0 Å². The first-order valence-corrected chi connectivity index (χ1v) is 15.1. The van der Waals surface area contributed by atoms with E-state index in [4.69, 9.17) is 18.8 Å². The highest BCUT2D eigenvalue weighted by Crippen LogP contribution is 2.43. The molecule has 170 valence electrons. The van der Waals surface area contributed by atoms with Gasteiger partial charge in [0.15, 0.2) is 5.79 Å². The van der Waals surface area contributed by atoms with Gasteiger partial charge in [0, 0.05) is 19.2 Å². The molecule has 2 aliphatic heterocycles. The van der Waals surface area contributed by atoms with E-state index in [0.717, 1.165) is 51.3 Å². The van der Waals surface area contributed by atoms with Gasteiger partial charge < -0.3 is 18.8 Å². The van der Waals surface area contributed by atoms with Gasteiger partial charge in [-0.25, -0.2) is 0 Å². The normalized spacial score (nSPS) is 24.7. The fourth-order valence-electron chi connectivity index (χ4n) is 5.19. The van der Waals surface area contributed by atoms with E-state index < -0.39 is 8.07 Å². The molecule has 31 heavy (non-hydrogen) atoms. The molecule has 4 rings (SSSR count). The molecule has 1 spiro atoms. The predicted octanol–water partition coefficient (Wildman–Crippen LogP) is 5.31. The van der Waals surface area contributed by atoms with Crippen LogP contribution >= 0.6 is 0 Å². The van der Waals surface area contributed by atoms with Gasteiger partial charge in [-0.2, -0.15) is 0 Å². The second-order valence-corrected chi connectivity index (χ2v) is 15.8. The molecular weight excluding hydrogens is 403 g/mol. The summed E-state index contributed by atoms with van der Waals surface area (Å²) in [5.41, 5.74) is 2.55. The molecule has 0 bridgehead atoms. The molecule has 0 atom stereocenters. The lowest BCUT2D eigenvalue weighted by atomic mass is 9.76. The van der Waals surface area contributed by atoms with Crippen molar-refractivity contribution in [3.05, 3.63) is 41.5 Å². The zero-order valence-corrected chi connectivity index (χ0v) is 21.3. The number of allylic oxidation sites excluding steroid dienone is 2. The molecule has 1 saturated carbocycles. The molecule has 2 saturated heterocycles. The molecule has 1 aromatic rings. The van der Waals surface area contributed by atoms with Crippen molar-refractivity contribution in [2.24, 2.45) is 0 Å². The van der Waals surface area contributed by atoms with E-state index in [-0.39, 0.29) is 24.1 Å². The molecule has 1 aromatic carbocycles. The van der Waals surface area contributed by atoms with E-state index in [1.807, 2.05) is 0 Å². The zero-order valence-electron chi connectivity index (χ0n) is 20.3. The Balaban J connectivity index is 1.57. The zero-order chi connectivity index (χ0) is 22.3. The van der Waals surface area contributed by atoms with Gasteiger partial charge in [-0.3, -0.25) is 0 Å². The van der Waals surface area contributed by atoms with E-state index in [9.17, 15) is 0 Å². The molecule has 0 radical (unpaired) electrons. The van der Waals surface area contributed by atoms with Crippen LogP contribution in [-0.4, -0.2) is 45.4 Å². The topological polar surface area (TPSA) is 36.9 Å². The van der Waals surface area contributed by atoms with Crippen molar-refractivity contribution in [2.45, 2.75) is 95.8 Å². The first kappa shape index (κ1) is 23.2. The number of hydrogen-bond acceptors (Lipinski definition) is 4. The maximum Gasteiger partial charge on any atom is 0.462 e. The third-order valence-electron chi connectivity index (χ3n) is 7.85. The largest absolute Gasteiger partial charge is 0.462 e. The van der Waals surface area contributed by atoms with Crippen molar-refractivity contribution in [2.75, 3.05) is 13.2 Å². The lowest BCUT2D eigenvalue weighted by molar-refractivity contribution is -0.171. The highest BCUT2D eigenvalue weighted by Gasteiger charge is 2.51. The van der Waals surface area contributed by atoms with E-state index in [2.05, 4.69) is 71.1 Å². The van der Waals surface area contributed by atoms with E-state index in [1.54, 1.807) is 11.1 Å². The van der Waals surface area contributed by atoms with Crippen LogP contribution in [0.5, 0.6) is 0 Å². The molecule has 6 heteroatoms. The minimum atomic E-state index is -1.64. The molecule has 2 heterocycles. The van der Waals surface area contributed by atoms with E-state index >= 15 is 0 Å². The van der Waals surface area contributed by atoms with Gasteiger partial charge in [-0.15, -0.1) is 0 Å². The van der Waals surface area contributed by atoms with Gasteiger partial charge >= 0.3 is 7.12 Å². The van der Waals surface area contributed by atoms with Crippen LogP contribution in [0.3, 0.4) is 0 Å². The van der Waals surface area contributed by atoms with E-state index in [1.165, 1.54) is 5.19 Å². The molecular formula is C25H39BO4Si. The van der Waals surface area contributed by atoms with Gasteiger partial charge in [-0.05, 0) is 46.6 Å². The maximum atomic E-state index is 6.41. The highest BCUT2D eigenvalue weighted by molar-refractivity contribution is 6.90. The Morgan fingerprint density at radius 3 is 2.00 bits per heavy atom. The van der Waals surface area contributed by atoms with Gasteiger partial charge in [-0.1, -0.05) is 59.8 Å². The maximum absolute atomic E-state index is 6.41. The summed E-state index contributed by atoms with van der Waals surface area (Å²) in [6.07, 6.45) is 4.88. The Morgan fingerprint density at radius 1 is 0.903 bits per heavy atom. The summed E-state index contributed by atoms with van der Waals surface area (Å²) in [5.74, 6) is -0.328. The van der Waals surface area contributed by atoms with Crippen LogP contribution in [0.2, 0.25) is 25.5 Å². The van der Waals surface area contributed by atoms with Crippen molar-refractivity contribution in [3.63, 3.8) is 0 Å². The average molecular weight is 442 g/mol. The quantitative estimate of drug-likeness (QED) is 0.458. The van der Waals surface area contributed by atoms with Crippen molar-refractivity contribution in [1.82, 2.24) is 0 Å². The van der Waals surface area contributed by atoms with Crippen molar-refractivity contribution in [1.29, 1.82) is 0 Å². The highest BCUT2D eigenvalue weighted by atomic mass is 28.3. The fourth-order valence-corrected chi connectivity index (χ4v) is 7.95. The summed E-state index contributed by atoms with van der Waals surface area (Å²) >= 11 is 0. The summed E-state index contributed by atoms with van der Waals surface area (Å²) in [5, 5.41) is 1.51. The van der Waals surface area contributed by atoms with Crippen LogP contribution in [-0.2, 0) is 18.8 Å². The SMILES string of the molecule is CC1(C)OB(CC(C[Si](C)(C)c2ccccc2)=C2CCC3(CC2)OCCO3)OC1(C)C. The molecule has 0 amide bonds. The molecule has 0 N–H and O–H groups in total. The number of ether oxygens (including phenoxy) is 2. The van der Waals surface area contributed by atoms with Crippen molar-refractivity contribution < 1.29 is 18.8 Å². The summed E-state index contributed by atoms with van der Waals surface area (Å²) in [6, 6.07) is 12.2. The van der Waals surface area contributed by atoms with Crippen LogP contribution in [0.15, 0.2) is 41.5 Å². The van der Waals surface area contributed by atoms with Crippen molar-refractivity contribution in [3.8, 4) is 0 Å². The minimum absolute atomic E-state index is 0.178. The van der Waals surface area contributed by atoms with Crippen LogP contribution in [0.25, 0.3) is 0 Å². The fraction of sp³-hybridized carbons (Fsp3) is 0.680. The number of benzene rings is 1. The molecule has 0 aromatic heterocycles. The second-order valence-electron chi connectivity index (χ2n) is 11.1. The smallest absolute Gasteiger partial charge is 0.403 e. The summed E-state index contributed by atoms with van der Waals surface area (Å²) < 4.78 is 24.8.